The molecule has 0 spiro atoms. The summed E-state index contributed by atoms with van der Waals surface area (Å²) in [4.78, 5) is 13.3. The van der Waals surface area contributed by atoms with Gasteiger partial charge in [0.25, 0.3) is 0 Å². The first kappa shape index (κ1) is 24.7. The molecule has 12 atom stereocenters. The molecule has 0 amide bonds. The van der Waals surface area contributed by atoms with Gasteiger partial charge in [0.15, 0.2) is 0 Å². The molecule has 0 aromatic carbocycles. The number of ketones is 1. The van der Waals surface area contributed by atoms with Crippen LogP contribution in [0.15, 0.2) is 0 Å². The van der Waals surface area contributed by atoms with Crippen LogP contribution < -0.4 is 0 Å². The summed E-state index contributed by atoms with van der Waals surface area (Å²) < 4.78 is 0. The molecule has 0 aromatic rings. The van der Waals surface area contributed by atoms with E-state index in [1.54, 1.807) is 0 Å². The zero-order valence-electron chi connectivity index (χ0n) is 21.3. The second-order valence-corrected chi connectivity index (χ2v) is 13.2. The standard InChI is InChI=1S/C28H48O4/c1-15(2)16(3)25(31)26(32)17(4)20-7-8-21-19-14-24(30)23-13-18(29)9-11-28(23,6)22(19)10-12-27(20,21)5/h15-23,25-26,29,31-32H,7-14H2,1-6H3/t16-,17-,18-,19-,20+,21?,22-,23+,25+,26+,27+,28+/m0/s1. The van der Waals surface area contributed by atoms with E-state index in [1.165, 1.54) is 0 Å². The van der Waals surface area contributed by atoms with Gasteiger partial charge in [-0.15, -0.1) is 0 Å². The molecule has 0 radical (unpaired) electrons. The molecule has 4 heteroatoms. The third-order valence-corrected chi connectivity index (χ3v) is 11.6. The summed E-state index contributed by atoms with van der Waals surface area (Å²) in [6, 6.07) is 0. The largest absolute Gasteiger partial charge is 0.393 e. The average Bonchev–Trinajstić information content (AvgIpc) is 3.10. The Kier molecular flexibility index (Phi) is 6.66. The predicted octanol–water partition coefficient (Wildman–Crippen LogP) is 4.84. The van der Waals surface area contributed by atoms with Crippen molar-refractivity contribution in [2.45, 2.75) is 111 Å². The van der Waals surface area contributed by atoms with E-state index in [1.807, 2.05) is 6.92 Å². The van der Waals surface area contributed by atoms with Crippen LogP contribution in [0.4, 0.5) is 0 Å². The Balaban J connectivity index is 1.54. The number of aliphatic hydroxyl groups excluding tert-OH is 3. The van der Waals surface area contributed by atoms with Crippen LogP contribution in [-0.2, 0) is 4.79 Å². The smallest absolute Gasteiger partial charge is 0.136 e. The molecule has 4 rings (SSSR count). The third-order valence-electron chi connectivity index (χ3n) is 11.6. The molecular weight excluding hydrogens is 400 g/mol. The number of hydrogen-bond donors (Lipinski definition) is 3. The summed E-state index contributed by atoms with van der Waals surface area (Å²) in [7, 11) is 0. The number of fused-ring (bicyclic) bond motifs is 5. The molecule has 1 unspecified atom stereocenters. The van der Waals surface area contributed by atoms with E-state index in [4.69, 9.17) is 0 Å². The molecule has 32 heavy (non-hydrogen) atoms. The van der Waals surface area contributed by atoms with Crippen molar-refractivity contribution in [3.05, 3.63) is 0 Å². The topological polar surface area (TPSA) is 77.8 Å². The lowest BCUT2D eigenvalue weighted by Crippen LogP contribution is -2.57. The number of aliphatic hydroxyl groups is 3. The van der Waals surface area contributed by atoms with Gasteiger partial charge in [0.2, 0.25) is 0 Å². The van der Waals surface area contributed by atoms with Crippen LogP contribution in [0.25, 0.3) is 0 Å². The van der Waals surface area contributed by atoms with Gasteiger partial charge >= 0.3 is 0 Å². The molecule has 4 fully saturated rings. The second kappa shape index (κ2) is 8.64. The predicted molar refractivity (Wildman–Crippen MR) is 127 cm³/mol. The molecule has 4 aliphatic rings. The van der Waals surface area contributed by atoms with E-state index >= 15 is 0 Å². The van der Waals surface area contributed by atoms with Crippen molar-refractivity contribution < 1.29 is 20.1 Å². The van der Waals surface area contributed by atoms with Crippen LogP contribution in [0.1, 0.15) is 92.9 Å². The fourth-order valence-electron chi connectivity index (χ4n) is 9.18. The Hall–Kier alpha value is -0.450. The van der Waals surface area contributed by atoms with Gasteiger partial charge in [-0.05, 0) is 97.2 Å². The molecule has 4 nitrogen and oxygen atoms in total. The van der Waals surface area contributed by atoms with Crippen molar-refractivity contribution in [2.75, 3.05) is 0 Å². The highest BCUT2D eigenvalue weighted by Crippen LogP contribution is 2.67. The number of hydrogen-bond acceptors (Lipinski definition) is 4. The molecule has 4 aliphatic carbocycles. The first-order chi connectivity index (χ1) is 14.9. The number of carbonyl (C=O) groups is 1. The zero-order valence-corrected chi connectivity index (χ0v) is 21.3. The maximum Gasteiger partial charge on any atom is 0.136 e. The van der Waals surface area contributed by atoms with Crippen LogP contribution in [0.2, 0.25) is 0 Å². The van der Waals surface area contributed by atoms with Gasteiger partial charge in [0.1, 0.15) is 5.78 Å². The SMILES string of the molecule is CC(C)[C@H](C)[C@@H](O)[C@H](O)[C@@H](C)[C@H]1CCC2[C@@H]3CC(=O)[C@H]4C[C@@H](O)CC[C@]4(C)[C@H]3CC[C@@]21C. The minimum atomic E-state index is -0.694. The van der Waals surface area contributed by atoms with Gasteiger partial charge in [-0.2, -0.15) is 0 Å². The lowest BCUT2D eigenvalue weighted by Gasteiger charge is -2.60. The summed E-state index contributed by atoms with van der Waals surface area (Å²) in [6.45, 7) is 13.2. The van der Waals surface area contributed by atoms with E-state index in [2.05, 4.69) is 34.6 Å². The van der Waals surface area contributed by atoms with E-state index in [0.717, 1.165) is 38.5 Å². The molecule has 0 saturated heterocycles. The van der Waals surface area contributed by atoms with Gasteiger partial charge in [-0.1, -0.05) is 41.5 Å². The first-order valence-corrected chi connectivity index (χ1v) is 13.5. The molecule has 0 aliphatic heterocycles. The van der Waals surface area contributed by atoms with E-state index in [9.17, 15) is 20.1 Å². The van der Waals surface area contributed by atoms with Gasteiger partial charge in [0.05, 0.1) is 18.3 Å². The van der Waals surface area contributed by atoms with Crippen molar-refractivity contribution in [2.24, 2.45) is 58.2 Å². The fraction of sp³-hybridized carbons (Fsp3) is 0.964. The highest BCUT2D eigenvalue weighted by atomic mass is 16.3. The summed E-state index contributed by atoms with van der Waals surface area (Å²) in [5, 5.41) is 32.2. The Morgan fingerprint density at radius 3 is 2.16 bits per heavy atom. The summed E-state index contributed by atoms with van der Waals surface area (Å²) in [6.07, 6.45) is 6.05. The highest BCUT2D eigenvalue weighted by Gasteiger charge is 2.63. The Bertz CT molecular complexity index is 706. The quantitative estimate of drug-likeness (QED) is 0.563. The molecule has 0 bridgehead atoms. The minimum absolute atomic E-state index is 0.0440. The summed E-state index contributed by atoms with van der Waals surface area (Å²) >= 11 is 0. The molecular formula is C28H48O4. The van der Waals surface area contributed by atoms with Gasteiger partial charge in [0, 0.05) is 12.3 Å². The van der Waals surface area contributed by atoms with Crippen LogP contribution in [0.5, 0.6) is 0 Å². The van der Waals surface area contributed by atoms with Crippen molar-refractivity contribution >= 4 is 5.78 Å². The molecule has 184 valence electrons. The Morgan fingerprint density at radius 1 is 0.875 bits per heavy atom. The maximum atomic E-state index is 13.3. The van der Waals surface area contributed by atoms with E-state index < -0.39 is 12.2 Å². The Morgan fingerprint density at radius 2 is 1.50 bits per heavy atom. The summed E-state index contributed by atoms with van der Waals surface area (Å²) in [5.41, 5.74) is 0.187. The van der Waals surface area contributed by atoms with E-state index in [0.29, 0.717) is 48.2 Å². The third kappa shape index (κ3) is 3.71. The number of carbonyl (C=O) groups excluding carboxylic acids is 1. The fourth-order valence-corrected chi connectivity index (χ4v) is 9.18. The van der Waals surface area contributed by atoms with Gasteiger partial charge in [-0.25, -0.2) is 0 Å². The van der Waals surface area contributed by atoms with Crippen molar-refractivity contribution in [1.29, 1.82) is 0 Å². The van der Waals surface area contributed by atoms with Crippen molar-refractivity contribution in [3.8, 4) is 0 Å². The van der Waals surface area contributed by atoms with Crippen LogP contribution in [0, 0.1) is 58.2 Å². The lowest BCUT2D eigenvalue weighted by molar-refractivity contribution is -0.161. The maximum absolute atomic E-state index is 13.3. The summed E-state index contributed by atoms with van der Waals surface area (Å²) in [5.74, 6) is 2.88. The normalized spacial score (nSPS) is 47.9. The monoisotopic (exact) mass is 448 g/mol. The van der Waals surface area contributed by atoms with Gasteiger partial charge < -0.3 is 15.3 Å². The van der Waals surface area contributed by atoms with Crippen LogP contribution in [-0.4, -0.2) is 39.4 Å². The van der Waals surface area contributed by atoms with Crippen molar-refractivity contribution in [1.82, 2.24) is 0 Å². The molecule has 3 N–H and O–H groups in total. The number of Topliss-reactive ketones (excluding diaryl/α,β-unsaturated/α-hetero) is 1. The minimum Gasteiger partial charge on any atom is -0.393 e. The molecule has 4 saturated carbocycles. The van der Waals surface area contributed by atoms with Gasteiger partial charge in [-0.3, -0.25) is 4.79 Å². The van der Waals surface area contributed by atoms with E-state index in [-0.39, 0.29) is 34.7 Å². The highest BCUT2D eigenvalue weighted by molar-refractivity contribution is 5.83. The van der Waals surface area contributed by atoms with Crippen LogP contribution >= 0.6 is 0 Å². The van der Waals surface area contributed by atoms with Crippen molar-refractivity contribution in [3.63, 3.8) is 0 Å². The molecule has 0 aromatic heterocycles. The lowest BCUT2D eigenvalue weighted by atomic mass is 9.44. The number of rotatable bonds is 5. The average molecular weight is 449 g/mol. The second-order valence-electron chi connectivity index (χ2n) is 13.2. The Labute approximate surface area is 195 Å². The first-order valence-electron chi connectivity index (χ1n) is 13.5. The zero-order chi connectivity index (χ0) is 23.6. The van der Waals surface area contributed by atoms with Crippen LogP contribution in [0.3, 0.4) is 0 Å². The molecule has 0 heterocycles.